The van der Waals surface area contributed by atoms with Crippen molar-refractivity contribution >= 4 is 0 Å². The van der Waals surface area contributed by atoms with E-state index in [1.165, 1.54) is 0 Å². The van der Waals surface area contributed by atoms with Gasteiger partial charge >= 0.3 is 0 Å². The minimum atomic E-state index is 0.216. The number of hydrogen-bond donors (Lipinski definition) is 1. The molecule has 1 aromatic heterocycles. The lowest BCUT2D eigenvalue weighted by Crippen LogP contribution is -2.18. The quantitative estimate of drug-likeness (QED) is 0.836. The molecule has 88 valence electrons. The van der Waals surface area contributed by atoms with Gasteiger partial charge in [-0.2, -0.15) is 0 Å². The van der Waals surface area contributed by atoms with Crippen molar-refractivity contribution in [1.29, 1.82) is 0 Å². The van der Waals surface area contributed by atoms with E-state index in [0.717, 1.165) is 30.7 Å². The Hall–Kier alpha value is -1.13. The Bertz CT molecular complexity index is 349. The Labute approximate surface area is 95.8 Å². The fourth-order valence-corrected chi connectivity index (χ4v) is 1.79. The van der Waals surface area contributed by atoms with Crippen LogP contribution in [0, 0.1) is 6.92 Å². The van der Waals surface area contributed by atoms with Crippen LogP contribution in [0.25, 0.3) is 0 Å². The van der Waals surface area contributed by atoms with E-state index in [-0.39, 0.29) is 6.10 Å². The normalized spacial score (nSPS) is 20.0. The van der Waals surface area contributed by atoms with E-state index >= 15 is 0 Å². The third kappa shape index (κ3) is 2.71. The lowest BCUT2D eigenvalue weighted by molar-refractivity contribution is 0.0659. The number of pyridine rings is 1. The number of hydrogen-bond acceptors (Lipinski definition) is 4. The third-order valence-electron chi connectivity index (χ3n) is 2.73. The standard InChI is InChI=1S/C12H18N2O2/c1-9-4-5-10(7-13)12(14-9)16-8-11-3-2-6-15-11/h4-5,11H,2-3,6-8,13H2,1H3. The van der Waals surface area contributed by atoms with E-state index in [1.807, 2.05) is 19.1 Å². The molecule has 4 heteroatoms. The van der Waals surface area contributed by atoms with Crippen LogP contribution >= 0.6 is 0 Å². The summed E-state index contributed by atoms with van der Waals surface area (Å²) in [5, 5.41) is 0. The van der Waals surface area contributed by atoms with Crippen LogP contribution in [0.2, 0.25) is 0 Å². The molecule has 2 N–H and O–H groups in total. The maximum Gasteiger partial charge on any atom is 0.218 e. The van der Waals surface area contributed by atoms with Crippen molar-refractivity contribution in [2.24, 2.45) is 5.73 Å². The maximum absolute atomic E-state index is 5.68. The van der Waals surface area contributed by atoms with Gasteiger partial charge in [-0.15, -0.1) is 0 Å². The highest BCUT2D eigenvalue weighted by molar-refractivity contribution is 5.27. The molecule has 1 aliphatic heterocycles. The predicted molar refractivity (Wildman–Crippen MR) is 61.3 cm³/mol. The highest BCUT2D eigenvalue weighted by Crippen LogP contribution is 2.18. The molecule has 2 rings (SSSR count). The van der Waals surface area contributed by atoms with E-state index in [4.69, 9.17) is 15.2 Å². The molecule has 0 aromatic carbocycles. The molecule has 2 heterocycles. The first kappa shape index (κ1) is 11.4. The molecule has 0 bridgehead atoms. The summed E-state index contributed by atoms with van der Waals surface area (Å²) in [6.45, 7) is 3.82. The number of rotatable bonds is 4. The van der Waals surface area contributed by atoms with Crippen LogP contribution in [0.15, 0.2) is 12.1 Å². The molecule has 0 aliphatic carbocycles. The molecule has 1 aliphatic rings. The number of aryl methyl sites for hydroxylation is 1. The summed E-state index contributed by atoms with van der Waals surface area (Å²) in [7, 11) is 0. The Kier molecular flexibility index (Phi) is 3.74. The Morgan fingerprint density at radius 1 is 1.56 bits per heavy atom. The fraction of sp³-hybridized carbons (Fsp3) is 0.583. The predicted octanol–water partition coefficient (Wildman–Crippen LogP) is 1.41. The number of ether oxygens (including phenoxy) is 2. The van der Waals surface area contributed by atoms with Gasteiger partial charge in [0.2, 0.25) is 5.88 Å². The first-order valence-electron chi connectivity index (χ1n) is 5.70. The average Bonchev–Trinajstić information content (AvgIpc) is 2.79. The molecule has 0 radical (unpaired) electrons. The summed E-state index contributed by atoms with van der Waals surface area (Å²) < 4.78 is 11.2. The molecule has 16 heavy (non-hydrogen) atoms. The Balaban J connectivity index is 1.98. The summed E-state index contributed by atoms with van der Waals surface area (Å²) >= 11 is 0. The minimum Gasteiger partial charge on any atom is -0.475 e. The van der Waals surface area contributed by atoms with Crippen LogP contribution in [-0.2, 0) is 11.3 Å². The zero-order valence-electron chi connectivity index (χ0n) is 9.61. The molecule has 0 saturated carbocycles. The second-order valence-electron chi connectivity index (χ2n) is 4.07. The Morgan fingerprint density at radius 2 is 2.44 bits per heavy atom. The Morgan fingerprint density at radius 3 is 3.12 bits per heavy atom. The average molecular weight is 222 g/mol. The lowest BCUT2D eigenvalue weighted by atomic mass is 10.2. The summed E-state index contributed by atoms with van der Waals surface area (Å²) in [6, 6.07) is 3.91. The van der Waals surface area contributed by atoms with Crippen molar-refractivity contribution < 1.29 is 9.47 Å². The minimum absolute atomic E-state index is 0.216. The summed E-state index contributed by atoms with van der Waals surface area (Å²) in [6.07, 6.45) is 2.41. The molecule has 0 spiro atoms. The van der Waals surface area contributed by atoms with E-state index in [2.05, 4.69) is 4.98 Å². The number of nitrogens with zero attached hydrogens (tertiary/aromatic N) is 1. The smallest absolute Gasteiger partial charge is 0.218 e. The molecule has 1 saturated heterocycles. The van der Waals surface area contributed by atoms with Crippen LogP contribution in [0.3, 0.4) is 0 Å². The summed E-state index contributed by atoms with van der Waals surface area (Å²) in [5.74, 6) is 0.651. The molecule has 0 amide bonds. The van der Waals surface area contributed by atoms with Crippen molar-refractivity contribution in [2.45, 2.75) is 32.4 Å². The van der Waals surface area contributed by atoms with Gasteiger partial charge in [0.15, 0.2) is 0 Å². The zero-order chi connectivity index (χ0) is 11.4. The van der Waals surface area contributed by atoms with Crippen molar-refractivity contribution in [3.8, 4) is 5.88 Å². The summed E-state index contributed by atoms with van der Waals surface area (Å²) in [5.41, 5.74) is 7.52. The largest absolute Gasteiger partial charge is 0.475 e. The van der Waals surface area contributed by atoms with Crippen LogP contribution in [0.4, 0.5) is 0 Å². The van der Waals surface area contributed by atoms with Gasteiger partial charge in [-0.05, 0) is 25.8 Å². The van der Waals surface area contributed by atoms with Crippen LogP contribution in [0.1, 0.15) is 24.1 Å². The van der Waals surface area contributed by atoms with E-state index < -0.39 is 0 Å². The summed E-state index contributed by atoms with van der Waals surface area (Å²) in [4.78, 5) is 4.35. The van der Waals surface area contributed by atoms with Crippen molar-refractivity contribution in [3.63, 3.8) is 0 Å². The van der Waals surface area contributed by atoms with Gasteiger partial charge in [0.1, 0.15) is 6.61 Å². The maximum atomic E-state index is 5.68. The zero-order valence-corrected chi connectivity index (χ0v) is 9.61. The van der Waals surface area contributed by atoms with Crippen molar-refractivity contribution in [3.05, 3.63) is 23.4 Å². The van der Waals surface area contributed by atoms with Gasteiger partial charge in [0.25, 0.3) is 0 Å². The fourth-order valence-electron chi connectivity index (χ4n) is 1.79. The van der Waals surface area contributed by atoms with Gasteiger partial charge in [-0.25, -0.2) is 4.98 Å². The van der Waals surface area contributed by atoms with Crippen LogP contribution < -0.4 is 10.5 Å². The molecule has 4 nitrogen and oxygen atoms in total. The second-order valence-corrected chi connectivity index (χ2v) is 4.07. The van der Waals surface area contributed by atoms with Gasteiger partial charge in [-0.1, -0.05) is 6.07 Å². The third-order valence-corrected chi connectivity index (χ3v) is 2.73. The van der Waals surface area contributed by atoms with Crippen molar-refractivity contribution in [2.75, 3.05) is 13.2 Å². The monoisotopic (exact) mass is 222 g/mol. The SMILES string of the molecule is Cc1ccc(CN)c(OCC2CCCO2)n1. The van der Waals surface area contributed by atoms with E-state index in [9.17, 15) is 0 Å². The highest BCUT2D eigenvalue weighted by Gasteiger charge is 2.17. The van der Waals surface area contributed by atoms with Gasteiger partial charge in [0.05, 0.1) is 6.10 Å². The van der Waals surface area contributed by atoms with Gasteiger partial charge in [-0.3, -0.25) is 0 Å². The van der Waals surface area contributed by atoms with Crippen LogP contribution in [0.5, 0.6) is 5.88 Å². The van der Waals surface area contributed by atoms with Gasteiger partial charge < -0.3 is 15.2 Å². The molecule has 1 aromatic rings. The molecular formula is C12H18N2O2. The highest BCUT2D eigenvalue weighted by atomic mass is 16.5. The first-order chi connectivity index (χ1) is 7.79. The molecule has 1 fully saturated rings. The topological polar surface area (TPSA) is 57.4 Å². The molecule has 1 atom stereocenters. The van der Waals surface area contributed by atoms with E-state index in [1.54, 1.807) is 0 Å². The van der Waals surface area contributed by atoms with Crippen LogP contribution in [-0.4, -0.2) is 24.3 Å². The van der Waals surface area contributed by atoms with Crippen molar-refractivity contribution in [1.82, 2.24) is 4.98 Å². The lowest BCUT2D eigenvalue weighted by Gasteiger charge is -2.13. The van der Waals surface area contributed by atoms with E-state index in [0.29, 0.717) is 19.0 Å². The molecular weight excluding hydrogens is 204 g/mol. The first-order valence-corrected chi connectivity index (χ1v) is 5.70. The van der Waals surface area contributed by atoms with Gasteiger partial charge in [0, 0.05) is 24.4 Å². The molecule has 1 unspecified atom stereocenters. The number of nitrogens with two attached hydrogens (primary N) is 1. The number of aromatic nitrogens is 1. The second kappa shape index (κ2) is 5.27.